The van der Waals surface area contributed by atoms with Gasteiger partial charge in [0.1, 0.15) is 0 Å². The Kier molecular flexibility index (Phi) is 4.17. The van der Waals surface area contributed by atoms with Crippen molar-refractivity contribution in [1.29, 1.82) is 0 Å². The van der Waals surface area contributed by atoms with E-state index in [2.05, 4.69) is 20.5 Å². The molecule has 0 spiro atoms. The van der Waals surface area contributed by atoms with Crippen molar-refractivity contribution in [2.24, 2.45) is 0 Å². The maximum Gasteiger partial charge on any atom is 0.272 e. The zero-order valence-electron chi connectivity index (χ0n) is 13.9. The molecule has 0 bridgehead atoms. The molecule has 23 heavy (non-hydrogen) atoms. The molecule has 1 aliphatic heterocycles. The maximum absolute atomic E-state index is 12.5. The predicted molar refractivity (Wildman–Crippen MR) is 86.1 cm³/mol. The summed E-state index contributed by atoms with van der Waals surface area (Å²) < 4.78 is 5.75. The van der Waals surface area contributed by atoms with Crippen molar-refractivity contribution in [2.45, 2.75) is 52.9 Å². The molecule has 3 heterocycles. The molecule has 122 valence electrons. The van der Waals surface area contributed by atoms with Crippen LogP contribution in [0.1, 0.15) is 58.5 Å². The lowest BCUT2D eigenvalue weighted by Crippen LogP contribution is -2.27. The summed E-state index contributed by atoms with van der Waals surface area (Å²) in [5.74, 6) is -0.163. The first-order valence-corrected chi connectivity index (χ1v) is 7.88. The number of amides is 1. The van der Waals surface area contributed by atoms with Crippen LogP contribution >= 0.6 is 0 Å². The Hall–Kier alpha value is -2.21. The van der Waals surface area contributed by atoms with Crippen LogP contribution in [-0.2, 0) is 17.7 Å². The first-order chi connectivity index (χ1) is 11.0. The number of carbonyl (C=O) groups is 1. The highest BCUT2D eigenvalue weighted by Gasteiger charge is 2.29. The highest BCUT2D eigenvalue weighted by atomic mass is 16.5. The summed E-state index contributed by atoms with van der Waals surface area (Å²) in [4.78, 5) is 16.8. The fourth-order valence-corrected chi connectivity index (χ4v) is 3.03. The zero-order chi connectivity index (χ0) is 16.6. The number of hydrogen-bond donors (Lipinski definition) is 2. The fraction of sp³-hybridized carbons (Fsp3) is 0.471. The van der Waals surface area contributed by atoms with Gasteiger partial charge in [-0.15, -0.1) is 0 Å². The number of aromatic amines is 1. The van der Waals surface area contributed by atoms with Crippen LogP contribution in [0.2, 0.25) is 0 Å². The van der Waals surface area contributed by atoms with E-state index in [0.717, 1.165) is 28.1 Å². The van der Waals surface area contributed by atoms with Crippen LogP contribution in [0.15, 0.2) is 12.3 Å². The molecule has 0 saturated carbocycles. The zero-order valence-corrected chi connectivity index (χ0v) is 13.9. The van der Waals surface area contributed by atoms with E-state index in [0.29, 0.717) is 18.7 Å². The molecule has 0 saturated heterocycles. The first kappa shape index (κ1) is 15.7. The second-order valence-electron chi connectivity index (χ2n) is 6.19. The van der Waals surface area contributed by atoms with Crippen LogP contribution < -0.4 is 5.32 Å². The number of nitrogens with one attached hydrogen (secondary N) is 2. The van der Waals surface area contributed by atoms with Gasteiger partial charge in [-0.3, -0.25) is 14.9 Å². The number of fused-ring (bicyclic) bond motifs is 1. The lowest BCUT2D eigenvalue weighted by atomic mass is 9.99. The number of H-pyrrole nitrogens is 1. The Labute approximate surface area is 135 Å². The van der Waals surface area contributed by atoms with Crippen molar-refractivity contribution >= 4 is 5.91 Å². The average molecular weight is 314 g/mol. The summed E-state index contributed by atoms with van der Waals surface area (Å²) in [6, 6.07) is 2.01. The van der Waals surface area contributed by atoms with E-state index in [9.17, 15) is 4.79 Å². The number of aryl methyl sites for hydroxylation is 2. The van der Waals surface area contributed by atoms with Gasteiger partial charge in [0.25, 0.3) is 5.91 Å². The van der Waals surface area contributed by atoms with Gasteiger partial charge in [-0.2, -0.15) is 5.10 Å². The van der Waals surface area contributed by atoms with Gasteiger partial charge in [-0.05, 0) is 44.9 Å². The molecule has 6 heteroatoms. The molecule has 0 unspecified atom stereocenters. The van der Waals surface area contributed by atoms with Crippen molar-refractivity contribution in [3.05, 3.63) is 46.0 Å². The lowest BCUT2D eigenvalue weighted by Gasteiger charge is -2.25. The smallest absolute Gasteiger partial charge is 0.272 e. The minimum absolute atomic E-state index is 0.0636. The van der Waals surface area contributed by atoms with E-state index < -0.39 is 0 Å². The van der Waals surface area contributed by atoms with Crippen molar-refractivity contribution in [3.8, 4) is 0 Å². The third-order valence-electron chi connectivity index (χ3n) is 4.24. The van der Waals surface area contributed by atoms with Crippen molar-refractivity contribution < 1.29 is 9.53 Å². The van der Waals surface area contributed by atoms with Gasteiger partial charge in [-0.1, -0.05) is 0 Å². The average Bonchev–Trinajstić information content (AvgIpc) is 2.90. The Morgan fingerprint density at radius 1 is 1.43 bits per heavy atom. The van der Waals surface area contributed by atoms with Crippen LogP contribution in [-0.4, -0.2) is 27.2 Å². The number of carbonyl (C=O) groups excluding carboxylic acids is 1. The van der Waals surface area contributed by atoms with E-state index in [4.69, 9.17) is 4.74 Å². The second kappa shape index (κ2) is 6.12. The third kappa shape index (κ3) is 3.12. The first-order valence-electron chi connectivity index (χ1n) is 7.88. The topological polar surface area (TPSA) is 79.9 Å². The second-order valence-corrected chi connectivity index (χ2v) is 6.19. The summed E-state index contributed by atoms with van der Waals surface area (Å²) in [6.07, 6.45) is 2.53. The Morgan fingerprint density at radius 2 is 2.22 bits per heavy atom. The monoisotopic (exact) mass is 314 g/mol. The Balaban J connectivity index is 1.74. The van der Waals surface area contributed by atoms with Gasteiger partial charge in [0.05, 0.1) is 17.9 Å². The third-order valence-corrected chi connectivity index (χ3v) is 4.24. The lowest BCUT2D eigenvalue weighted by molar-refractivity contribution is -0.00697. The Bertz CT molecular complexity index is 738. The molecule has 1 amide bonds. The van der Waals surface area contributed by atoms with Crippen molar-refractivity contribution in [1.82, 2.24) is 20.5 Å². The summed E-state index contributed by atoms with van der Waals surface area (Å²) in [5, 5.41) is 10.1. The molecular weight excluding hydrogens is 292 g/mol. The Morgan fingerprint density at radius 3 is 2.96 bits per heavy atom. The molecule has 0 aliphatic carbocycles. The number of aromatic nitrogens is 3. The molecule has 1 aliphatic rings. The molecule has 2 aromatic heterocycles. The number of nitrogens with zero attached hydrogens (tertiary/aromatic N) is 2. The van der Waals surface area contributed by atoms with Crippen LogP contribution in [0.4, 0.5) is 0 Å². The standard InChI is InChI=1S/C17H22N4O2/c1-9-5-10(2)18-7-13(9)8-19-17(22)16-14-6-11(3)23-12(4)15(14)20-21-16/h5,7,11-12H,6,8H2,1-4H3,(H,19,22)(H,20,21)/t11-,12+/m1/s1. The summed E-state index contributed by atoms with van der Waals surface area (Å²) in [5.41, 5.74) is 5.45. The van der Waals surface area contributed by atoms with Gasteiger partial charge >= 0.3 is 0 Å². The number of pyridine rings is 1. The van der Waals surface area contributed by atoms with E-state index in [1.54, 1.807) is 0 Å². The highest BCUT2D eigenvalue weighted by Crippen LogP contribution is 2.30. The summed E-state index contributed by atoms with van der Waals surface area (Å²) >= 11 is 0. The number of ether oxygens (including phenoxy) is 1. The molecule has 2 atom stereocenters. The molecule has 6 nitrogen and oxygen atoms in total. The van der Waals surface area contributed by atoms with Crippen LogP contribution in [0.3, 0.4) is 0 Å². The maximum atomic E-state index is 12.5. The van der Waals surface area contributed by atoms with E-state index in [1.165, 1.54) is 0 Å². The van der Waals surface area contributed by atoms with Crippen molar-refractivity contribution in [2.75, 3.05) is 0 Å². The molecule has 0 radical (unpaired) electrons. The van der Waals surface area contributed by atoms with Crippen LogP contribution in [0.5, 0.6) is 0 Å². The minimum Gasteiger partial charge on any atom is -0.369 e. The fourth-order valence-electron chi connectivity index (χ4n) is 3.03. The molecular formula is C17H22N4O2. The SMILES string of the molecule is Cc1cc(C)c(CNC(=O)c2n[nH]c3c2C[C@@H](C)O[C@H]3C)cn1. The van der Waals surface area contributed by atoms with Crippen LogP contribution in [0.25, 0.3) is 0 Å². The number of hydrogen-bond acceptors (Lipinski definition) is 4. The van der Waals surface area contributed by atoms with Gasteiger partial charge in [-0.25, -0.2) is 0 Å². The predicted octanol–water partition coefficient (Wildman–Crippen LogP) is 2.37. The minimum atomic E-state index is -0.163. The quantitative estimate of drug-likeness (QED) is 0.911. The normalized spacial score (nSPS) is 20.2. The van der Waals surface area contributed by atoms with E-state index >= 15 is 0 Å². The molecule has 2 aromatic rings. The number of rotatable bonds is 3. The molecule has 0 aromatic carbocycles. The molecule has 0 fully saturated rings. The molecule has 2 N–H and O–H groups in total. The van der Waals surface area contributed by atoms with Gasteiger partial charge in [0.15, 0.2) is 5.69 Å². The van der Waals surface area contributed by atoms with Crippen LogP contribution in [0, 0.1) is 13.8 Å². The summed E-state index contributed by atoms with van der Waals surface area (Å²) in [6.45, 7) is 8.40. The van der Waals surface area contributed by atoms with Crippen molar-refractivity contribution in [3.63, 3.8) is 0 Å². The largest absolute Gasteiger partial charge is 0.369 e. The van der Waals surface area contributed by atoms with Gasteiger partial charge in [0, 0.05) is 30.4 Å². The molecule has 3 rings (SSSR count). The summed E-state index contributed by atoms with van der Waals surface area (Å²) in [7, 11) is 0. The van der Waals surface area contributed by atoms with E-state index in [1.807, 2.05) is 40.0 Å². The van der Waals surface area contributed by atoms with Gasteiger partial charge < -0.3 is 10.1 Å². The van der Waals surface area contributed by atoms with E-state index in [-0.39, 0.29) is 18.1 Å². The van der Waals surface area contributed by atoms with Gasteiger partial charge in [0.2, 0.25) is 0 Å². The highest BCUT2D eigenvalue weighted by molar-refractivity contribution is 5.94.